The first kappa shape index (κ1) is 22.3. The summed E-state index contributed by atoms with van der Waals surface area (Å²) in [7, 11) is 0. The topological polar surface area (TPSA) is 114 Å². The Morgan fingerprint density at radius 2 is 1.83 bits per heavy atom. The molecule has 0 saturated carbocycles. The zero-order valence-electron chi connectivity index (χ0n) is 18.6. The van der Waals surface area contributed by atoms with Crippen molar-refractivity contribution in [1.29, 1.82) is 5.26 Å². The number of nitrogens with two attached hydrogens (primary N) is 1. The molecule has 5 rings (SSSR count). The molecule has 0 spiro atoms. The second-order valence-electron chi connectivity index (χ2n) is 8.02. The molecule has 1 aromatic heterocycles. The number of aromatic nitrogens is 2. The first-order valence-electron chi connectivity index (χ1n) is 10.8. The minimum atomic E-state index is -0.686. The third-order valence-corrected chi connectivity index (χ3v) is 6.14. The van der Waals surface area contributed by atoms with Gasteiger partial charge in [0.25, 0.3) is 0 Å². The van der Waals surface area contributed by atoms with Crippen LogP contribution in [0.4, 0.5) is 0 Å². The number of esters is 1. The summed E-state index contributed by atoms with van der Waals surface area (Å²) in [6, 6.07) is 23.7. The van der Waals surface area contributed by atoms with E-state index in [0.717, 1.165) is 11.1 Å². The quantitative estimate of drug-likeness (QED) is 0.294. The summed E-state index contributed by atoms with van der Waals surface area (Å²) in [6.07, 6.45) is 0. The number of fused-ring (bicyclic) bond motifs is 1. The van der Waals surface area contributed by atoms with Crippen molar-refractivity contribution in [3.05, 3.63) is 112 Å². The maximum Gasteiger partial charge on any atom is 0.345 e. The summed E-state index contributed by atoms with van der Waals surface area (Å²) >= 11 is 6.19. The number of hydrogen-bond acceptors (Lipinski definition) is 6. The highest BCUT2D eigenvalue weighted by atomic mass is 35.5. The molecule has 4 aromatic rings. The molecule has 3 N–H and O–H groups in total. The van der Waals surface area contributed by atoms with Crippen molar-refractivity contribution in [2.24, 2.45) is 5.73 Å². The van der Waals surface area contributed by atoms with E-state index in [4.69, 9.17) is 26.8 Å². The molecule has 1 aliphatic heterocycles. The average molecular weight is 483 g/mol. The third kappa shape index (κ3) is 4.01. The molecule has 0 fully saturated rings. The van der Waals surface area contributed by atoms with Crippen molar-refractivity contribution in [1.82, 2.24) is 10.2 Å². The van der Waals surface area contributed by atoms with Crippen molar-refractivity contribution in [3.63, 3.8) is 0 Å². The zero-order valence-corrected chi connectivity index (χ0v) is 19.3. The summed E-state index contributed by atoms with van der Waals surface area (Å²) < 4.78 is 11.5. The molecular weight excluding hydrogens is 464 g/mol. The number of carbonyl (C=O) groups is 1. The molecule has 2 heterocycles. The molecule has 35 heavy (non-hydrogen) atoms. The Morgan fingerprint density at radius 1 is 1.11 bits per heavy atom. The van der Waals surface area contributed by atoms with Crippen LogP contribution in [0.5, 0.6) is 11.6 Å². The number of para-hydroxylation sites is 1. The summed E-state index contributed by atoms with van der Waals surface area (Å²) in [4.78, 5) is 12.9. The molecule has 1 aliphatic rings. The predicted octanol–water partition coefficient (Wildman–Crippen LogP) is 5.48. The van der Waals surface area contributed by atoms with Crippen LogP contribution in [0.25, 0.3) is 11.3 Å². The van der Waals surface area contributed by atoms with Crippen molar-refractivity contribution in [2.75, 3.05) is 0 Å². The minimum Gasteiger partial charge on any atom is -0.423 e. The van der Waals surface area contributed by atoms with Crippen LogP contribution in [0.1, 0.15) is 33.0 Å². The Hall–Kier alpha value is -4.54. The van der Waals surface area contributed by atoms with Gasteiger partial charge in [0, 0.05) is 11.1 Å². The number of rotatable bonds is 4. The van der Waals surface area contributed by atoms with E-state index in [9.17, 15) is 10.1 Å². The van der Waals surface area contributed by atoms with E-state index in [1.807, 2.05) is 31.2 Å². The second-order valence-corrected chi connectivity index (χ2v) is 8.42. The van der Waals surface area contributed by atoms with E-state index in [-0.39, 0.29) is 33.7 Å². The lowest BCUT2D eigenvalue weighted by Crippen LogP contribution is -2.22. The Bertz CT molecular complexity index is 1520. The molecule has 0 amide bonds. The number of aryl methyl sites for hydroxylation is 1. The lowest BCUT2D eigenvalue weighted by Gasteiger charge is -2.25. The highest BCUT2D eigenvalue weighted by molar-refractivity contribution is 6.33. The molecule has 8 heteroatoms. The summed E-state index contributed by atoms with van der Waals surface area (Å²) in [5.41, 5.74) is 10.4. The summed E-state index contributed by atoms with van der Waals surface area (Å²) in [5.74, 6) is -0.828. The molecule has 0 saturated heterocycles. The van der Waals surface area contributed by atoms with E-state index in [2.05, 4.69) is 16.3 Å². The standard InChI is InChI=1S/C27H19ClN4O3/c1-15-10-12-16(13-11-15)24-23-22(19(14-29)25(30)35-26(23)32-31-24)18-7-3-5-9-21(18)34-27(33)17-6-2-4-8-20(17)28/h2-13,22H,30H2,1H3,(H,31,32)/t22-/m0/s1. The van der Waals surface area contributed by atoms with Gasteiger partial charge in [-0.2, -0.15) is 5.26 Å². The van der Waals surface area contributed by atoms with Gasteiger partial charge >= 0.3 is 5.97 Å². The SMILES string of the molecule is Cc1ccc(-c2[nH]nc3c2[C@@H](c2ccccc2OC(=O)c2ccccc2Cl)C(C#N)=C(N)O3)cc1. The van der Waals surface area contributed by atoms with Crippen LogP contribution >= 0.6 is 11.6 Å². The maximum absolute atomic E-state index is 12.9. The van der Waals surface area contributed by atoms with E-state index in [1.54, 1.807) is 48.5 Å². The van der Waals surface area contributed by atoms with Crippen molar-refractivity contribution in [3.8, 4) is 29.0 Å². The van der Waals surface area contributed by atoms with E-state index < -0.39 is 11.9 Å². The largest absolute Gasteiger partial charge is 0.423 e. The maximum atomic E-state index is 12.9. The van der Waals surface area contributed by atoms with Gasteiger partial charge in [-0.05, 0) is 25.1 Å². The number of benzene rings is 3. The monoisotopic (exact) mass is 482 g/mol. The van der Waals surface area contributed by atoms with Crippen LogP contribution in [-0.2, 0) is 0 Å². The van der Waals surface area contributed by atoms with Crippen LogP contribution in [0, 0.1) is 18.3 Å². The Labute approximate surface area is 206 Å². The van der Waals surface area contributed by atoms with Gasteiger partial charge in [0.2, 0.25) is 11.8 Å². The number of nitriles is 1. The molecule has 172 valence electrons. The predicted molar refractivity (Wildman–Crippen MR) is 131 cm³/mol. The number of aromatic amines is 1. The van der Waals surface area contributed by atoms with E-state index >= 15 is 0 Å². The van der Waals surface area contributed by atoms with Crippen LogP contribution in [0.15, 0.2) is 84.3 Å². The Balaban J connectivity index is 1.65. The lowest BCUT2D eigenvalue weighted by atomic mass is 9.82. The van der Waals surface area contributed by atoms with Gasteiger partial charge in [0.05, 0.1) is 27.8 Å². The number of allylic oxidation sites excluding steroid dienone is 1. The van der Waals surface area contributed by atoms with Crippen molar-refractivity contribution in [2.45, 2.75) is 12.8 Å². The molecule has 0 unspecified atom stereocenters. The number of halogens is 1. The molecule has 1 atom stereocenters. The molecule has 7 nitrogen and oxygen atoms in total. The van der Waals surface area contributed by atoms with Crippen LogP contribution < -0.4 is 15.2 Å². The van der Waals surface area contributed by atoms with Gasteiger partial charge in [-0.1, -0.05) is 71.8 Å². The number of hydrogen-bond donors (Lipinski definition) is 2. The van der Waals surface area contributed by atoms with Gasteiger partial charge in [-0.25, -0.2) is 4.79 Å². The smallest absolute Gasteiger partial charge is 0.345 e. The highest BCUT2D eigenvalue weighted by Gasteiger charge is 2.37. The lowest BCUT2D eigenvalue weighted by molar-refractivity contribution is 0.0733. The molecular formula is C27H19ClN4O3. The first-order chi connectivity index (χ1) is 17.0. The van der Waals surface area contributed by atoms with E-state index in [0.29, 0.717) is 16.8 Å². The van der Waals surface area contributed by atoms with Gasteiger partial charge in [-0.3, -0.25) is 5.10 Å². The molecule has 0 aliphatic carbocycles. The number of carbonyl (C=O) groups excluding carboxylic acids is 1. The van der Waals surface area contributed by atoms with Gasteiger partial charge in [0.15, 0.2) is 0 Å². The fraction of sp³-hybridized carbons (Fsp3) is 0.0741. The Morgan fingerprint density at radius 3 is 2.57 bits per heavy atom. The van der Waals surface area contributed by atoms with E-state index in [1.165, 1.54) is 0 Å². The van der Waals surface area contributed by atoms with Crippen LogP contribution in [0.2, 0.25) is 5.02 Å². The number of H-pyrrole nitrogens is 1. The van der Waals surface area contributed by atoms with Crippen LogP contribution in [-0.4, -0.2) is 16.2 Å². The molecule has 0 radical (unpaired) electrons. The average Bonchev–Trinajstić information content (AvgIpc) is 3.27. The normalized spacial score (nSPS) is 14.6. The van der Waals surface area contributed by atoms with Gasteiger partial charge in [-0.15, -0.1) is 5.10 Å². The van der Waals surface area contributed by atoms with Gasteiger partial charge < -0.3 is 15.2 Å². The van der Waals surface area contributed by atoms with Crippen molar-refractivity contribution >= 4 is 17.6 Å². The Kier molecular flexibility index (Phi) is 5.73. The van der Waals surface area contributed by atoms with Crippen LogP contribution in [0.3, 0.4) is 0 Å². The third-order valence-electron chi connectivity index (χ3n) is 5.81. The fourth-order valence-corrected chi connectivity index (χ4v) is 4.30. The van der Waals surface area contributed by atoms with Crippen molar-refractivity contribution < 1.29 is 14.3 Å². The minimum absolute atomic E-state index is 0.0563. The first-order valence-corrected chi connectivity index (χ1v) is 11.1. The number of ether oxygens (including phenoxy) is 2. The second kappa shape index (κ2) is 9.01. The summed E-state index contributed by atoms with van der Waals surface area (Å²) in [5, 5.41) is 17.6. The summed E-state index contributed by atoms with van der Waals surface area (Å²) in [6.45, 7) is 2.00. The molecule has 0 bridgehead atoms. The number of nitrogens with one attached hydrogen (secondary N) is 1. The zero-order chi connectivity index (χ0) is 24.5. The number of nitrogens with zero attached hydrogens (tertiary/aromatic N) is 2. The molecule has 3 aromatic carbocycles. The van der Waals surface area contributed by atoms with Gasteiger partial charge in [0.1, 0.15) is 17.4 Å². The fourth-order valence-electron chi connectivity index (χ4n) is 4.09. The highest BCUT2D eigenvalue weighted by Crippen LogP contribution is 2.47.